The number of hydrogen-bond donors (Lipinski definition) is 2. The zero-order valence-electron chi connectivity index (χ0n) is 12.7. The highest BCUT2D eigenvalue weighted by Gasteiger charge is 2.39. The third-order valence-corrected chi connectivity index (χ3v) is 4.87. The highest BCUT2D eigenvalue weighted by atomic mass is 16.4. The van der Waals surface area contributed by atoms with Gasteiger partial charge in [0.1, 0.15) is 0 Å². The third-order valence-electron chi connectivity index (χ3n) is 4.87. The molecule has 5 nitrogen and oxygen atoms in total. The number of carboxylic acid groups (broad SMARTS) is 1. The van der Waals surface area contributed by atoms with Crippen molar-refractivity contribution in [2.45, 2.75) is 65.0 Å². The third kappa shape index (κ3) is 3.25. The molecule has 1 saturated heterocycles. The van der Waals surface area contributed by atoms with E-state index in [1.165, 1.54) is 6.42 Å². The van der Waals surface area contributed by atoms with Crippen LogP contribution in [0.2, 0.25) is 0 Å². The molecular formula is C15H26N2O3. The minimum Gasteiger partial charge on any atom is -0.481 e. The van der Waals surface area contributed by atoms with E-state index >= 15 is 0 Å². The largest absolute Gasteiger partial charge is 0.481 e. The fraction of sp³-hybridized carbons (Fsp3) is 0.867. The molecule has 20 heavy (non-hydrogen) atoms. The molecule has 2 N–H and O–H groups in total. The summed E-state index contributed by atoms with van der Waals surface area (Å²) in [5, 5.41) is 12.2. The Morgan fingerprint density at radius 2 is 2.00 bits per heavy atom. The van der Waals surface area contributed by atoms with Gasteiger partial charge in [0.05, 0.1) is 5.92 Å². The average Bonchev–Trinajstić information content (AvgIpc) is 2.69. The van der Waals surface area contributed by atoms with Crippen molar-refractivity contribution in [1.82, 2.24) is 10.2 Å². The molecule has 2 fully saturated rings. The lowest BCUT2D eigenvalue weighted by Gasteiger charge is -2.36. The first-order valence-electron chi connectivity index (χ1n) is 7.60. The Kier molecular flexibility index (Phi) is 4.25. The normalized spacial score (nSPS) is 33.0. The van der Waals surface area contributed by atoms with Gasteiger partial charge in [-0.3, -0.25) is 4.79 Å². The Bertz CT molecular complexity index is 395. The summed E-state index contributed by atoms with van der Waals surface area (Å²) in [6.45, 7) is 6.85. The van der Waals surface area contributed by atoms with Crippen molar-refractivity contribution >= 4 is 12.0 Å². The Hall–Kier alpha value is -1.26. The number of hydrogen-bond acceptors (Lipinski definition) is 2. The number of carbonyl (C=O) groups is 2. The van der Waals surface area contributed by atoms with Crippen molar-refractivity contribution in [3.05, 3.63) is 0 Å². The summed E-state index contributed by atoms with van der Waals surface area (Å²) in [6.07, 6.45) is 4.94. The number of likely N-dealkylation sites (tertiary alicyclic amines) is 1. The molecule has 2 amide bonds. The number of rotatable bonds is 2. The van der Waals surface area contributed by atoms with Gasteiger partial charge in [0, 0.05) is 18.6 Å². The zero-order chi connectivity index (χ0) is 14.9. The van der Waals surface area contributed by atoms with Gasteiger partial charge in [0.15, 0.2) is 0 Å². The summed E-state index contributed by atoms with van der Waals surface area (Å²) in [5.74, 6) is -1.23. The van der Waals surface area contributed by atoms with Crippen LogP contribution < -0.4 is 5.32 Å². The number of nitrogens with one attached hydrogen (secondary N) is 1. The molecule has 1 aliphatic heterocycles. The Morgan fingerprint density at radius 3 is 2.55 bits per heavy atom. The predicted molar refractivity (Wildman–Crippen MR) is 76.5 cm³/mol. The number of aliphatic carboxylic acids is 1. The van der Waals surface area contributed by atoms with E-state index < -0.39 is 11.9 Å². The van der Waals surface area contributed by atoms with Gasteiger partial charge in [0.25, 0.3) is 0 Å². The van der Waals surface area contributed by atoms with E-state index in [0.717, 1.165) is 19.3 Å². The highest BCUT2D eigenvalue weighted by molar-refractivity contribution is 5.78. The van der Waals surface area contributed by atoms with Crippen LogP contribution in [0.25, 0.3) is 0 Å². The molecule has 0 aromatic heterocycles. The molecule has 5 heteroatoms. The van der Waals surface area contributed by atoms with Crippen LogP contribution >= 0.6 is 0 Å². The lowest BCUT2D eigenvalue weighted by Crippen LogP contribution is -2.49. The number of carboxylic acids is 1. The van der Waals surface area contributed by atoms with Crippen LogP contribution in [0.15, 0.2) is 0 Å². The SMILES string of the molecule is CC1C(C(=O)O)CCN1C(=O)NC1CCCC(C)(C)C1. The van der Waals surface area contributed by atoms with Gasteiger partial charge >= 0.3 is 12.0 Å². The average molecular weight is 282 g/mol. The van der Waals surface area contributed by atoms with Gasteiger partial charge in [-0.25, -0.2) is 4.79 Å². The topological polar surface area (TPSA) is 69.6 Å². The first kappa shape index (κ1) is 15.1. The monoisotopic (exact) mass is 282 g/mol. The summed E-state index contributed by atoms with van der Waals surface area (Å²) in [7, 11) is 0. The van der Waals surface area contributed by atoms with Gasteiger partial charge in [-0.05, 0) is 38.0 Å². The van der Waals surface area contributed by atoms with Crippen LogP contribution in [0.3, 0.4) is 0 Å². The molecule has 1 saturated carbocycles. The molecule has 114 valence electrons. The smallest absolute Gasteiger partial charge is 0.317 e. The second kappa shape index (κ2) is 5.62. The van der Waals surface area contributed by atoms with Gasteiger partial charge < -0.3 is 15.3 Å². The fourth-order valence-corrected chi connectivity index (χ4v) is 3.64. The van der Waals surface area contributed by atoms with Gasteiger partial charge in [-0.2, -0.15) is 0 Å². The van der Waals surface area contributed by atoms with Crippen LogP contribution in [0.5, 0.6) is 0 Å². The summed E-state index contributed by atoms with van der Waals surface area (Å²) in [4.78, 5) is 25.1. The zero-order valence-corrected chi connectivity index (χ0v) is 12.7. The standard InChI is InChI=1S/C15H26N2O3/c1-10-12(13(18)19)6-8-17(10)14(20)16-11-5-4-7-15(2,3)9-11/h10-12H,4-9H2,1-3H3,(H,16,20)(H,18,19). The summed E-state index contributed by atoms with van der Waals surface area (Å²) in [5.41, 5.74) is 0.288. The number of carbonyl (C=O) groups excluding carboxylic acids is 1. The van der Waals surface area contributed by atoms with E-state index in [4.69, 9.17) is 5.11 Å². The van der Waals surface area contributed by atoms with Crippen molar-refractivity contribution in [2.75, 3.05) is 6.54 Å². The highest BCUT2D eigenvalue weighted by Crippen LogP contribution is 2.35. The molecule has 2 aliphatic rings. The van der Waals surface area contributed by atoms with E-state index in [1.54, 1.807) is 4.90 Å². The number of urea groups is 1. The van der Waals surface area contributed by atoms with Crippen LogP contribution in [-0.4, -0.2) is 40.6 Å². The molecular weight excluding hydrogens is 256 g/mol. The molecule has 0 aromatic carbocycles. The molecule has 0 bridgehead atoms. The van der Waals surface area contributed by atoms with Gasteiger partial charge in [-0.1, -0.05) is 20.3 Å². The van der Waals surface area contributed by atoms with Crippen LogP contribution in [-0.2, 0) is 4.79 Å². The predicted octanol–water partition coefficient (Wildman–Crippen LogP) is 2.46. The van der Waals surface area contributed by atoms with Crippen molar-refractivity contribution in [3.63, 3.8) is 0 Å². The lowest BCUT2D eigenvalue weighted by atomic mass is 9.75. The number of amides is 2. The second-order valence-corrected chi connectivity index (χ2v) is 7.07. The summed E-state index contributed by atoms with van der Waals surface area (Å²) < 4.78 is 0. The quantitative estimate of drug-likeness (QED) is 0.817. The molecule has 1 aliphatic carbocycles. The maximum atomic E-state index is 12.3. The van der Waals surface area contributed by atoms with Gasteiger partial charge in [-0.15, -0.1) is 0 Å². The van der Waals surface area contributed by atoms with Crippen LogP contribution in [0, 0.1) is 11.3 Å². The lowest BCUT2D eigenvalue weighted by molar-refractivity contribution is -0.142. The molecule has 2 rings (SSSR count). The minimum atomic E-state index is -0.799. The minimum absolute atomic E-state index is 0.0936. The fourth-order valence-electron chi connectivity index (χ4n) is 3.64. The van der Waals surface area contributed by atoms with Crippen molar-refractivity contribution in [3.8, 4) is 0 Å². The van der Waals surface area contributed by atoms with Crippen molar-refractivity contribution in [1.29, 1.82) is 0 Å². The Morgan fingerprint density at radius 1 is 1.30 bits per heavy atom. The van der Waals surface area contributed by atoms with Crippen LogP contribution in [0.4, 0.5) is 4.79 Å². The summed E-state index contributed by atoms with van der Waals surface area (Å²) in [6, 6.07) is -0.0876. The first-order valence-corrected chi connectivity index (χ1v) is 7.60. The van der Waals surface area contributed by atoms with Gasteiger partial charge in [0.2, 0.25) is 0 Å². The Labute approximate surface area is 120 Å². The van der Waals surface area contributed by atoms with E-state index in [0.29, 0.717) is 13.0 Å². The Balaban J connectivity index is 1.91. The number of nitrogens with zero attached hydrogens (tertiary/aromatic N) is 1. The molecule has 0 radical (unpaired) electrons. The van der Waals surface area contributed by atoms with E-state index in [2.05, 4.69) is 19.2 Å². The first-order chi connectivity index (χ1) is 9.30. The summed E-state index contributed by atoms with van der Waals surface area (Å²) >= 11 is 0. The van der Waals surface area contributed by atoms with Crippen molar-refractivity contribution < 1.29 is 14.7 Å². The maximum Gasteiger partial charge on any atom is 0.317 e. The maximum absolute atomic E-state index is 12.3. The van der Waals surface area contributed by atoms with Crippen molar-refractivity contribution in [2.24, 2.45) is 11.3 Å². The molecule has 1 heterocycles. The van der Waals surface area contributed by atoms with E-state index in [1.807, 2.05) is 6.92 Å². The molecule has 0 aromatic rings. The van der Waals surface area contributed by atoms with E-state index in [-0.39, 0.29) is 23.5 Å². The molecule has 0 spiro atoms. The van der Waals surface area contributed by atoms with E-state index in [9.17, 15) is 9.59 Å². The molecule has 3 unspecified atom stereocenters. The second-order valence-electron chi connectivity index (χ2n) is 7.07. The molecule has 3 atom stereocenters. The van der Waals surface area contributed by atoms with Crippen LogP contribution in [0.1, 0.15) is 52.9 Å².